The lowest BCUT2D eigenvalue weighted by molar-refractivity contribution is -0.117. The molecule has 0 heterocycles. The Morgan fingerprint density at radius 1 is 1.36 bits per heavy atom. The van der Waals surface area contributed by atoms with Crippen LogP contribution in [0.2, 0.25) is 5.02 Å². The van der Waals surface area contributed by atoms with Crippen molar-refractivity contribution in [1.82, 2.24) is 5.32 Å². The van der Waals surface area contributed by atoms with Crippen molar-refractivity contribution in [2.75, 3.05) is 34.0 Å². The minimum absolute atomic E-state index is 0.0160. The van der Waals surface area contributed by atoms with Gasteiger partial charge in [-0.1, -0.05) is 18.5 Å². The summed E-state index contributed by atoms with van der Waals surface area (Å²) >= 11 is 6.24. The minimum Gasteiger partial charge on any atom is -0.493 e. The van der Waals surface area contributed by atoms with E-state index in [2.05, 4.69) is 5.32 Å². The predicted molar refractivity (Wildman–Crippen MR) is 96.9 cm³/mol. The molecular weight excluding hydrogens is 344 g/mol. The van der Waals surface area contributed by atoms with Gasteiger partial charge in [-0.15, -0.1) is 0 Å². The van der Waals surface area contributed by atoms with Gasteiger partial charge in [0.2, 0.25) is 0 Å². The van der Waals surface area contributed by atoms with E-state index in [1.54, 1.807) is 19.2 Å². The molecule has 0 unspecified atom stereocenters. The number of nitriles is 1. The van der Waals surface area contributed by atoms with Crippen molar-refractivity contribution in [1.29, 1.82) is 5.26 Å². The lowest BCUT2D eigenvalue weighted by Crippen LogP contribution is -2.26. The third kappa shape index (κ3) is 6.65. The fourth-order valence-electron chi connectivity index (χ4n) is 2.00. The molecule has 6 nitrogen and oxygen atoms in total. The van der Waals surface area contributed by atoms with E-state index in [1.165, 1.54) is 13.2 Å². The fourth-order valence-corrected chi connectivity index (χ4v) is 2.27. The van der Waals surface area contributed by atoms with Crippen LogP contribution in [0.5, 0.6) is 11.5 Å². The molecule has 0 saturated carbocycles. The highest BCUT2D eigenvalue weighted by atomic mass is 35.5. The van der Waals surface area contributed by atoms with Gasteiger partial charge in [0.1, 0.15) is 11.6 Å². The minimum atomic E-state index is -0.444. The highest BCUT2D eigenvalue weighted by Gasteiger charge is 2.13. The van der Waals surface area contributed by atoms with Crippen LogP contribution in [0.25, 0.3) is 6.08 Å². The standard InChI is InChI=1S/C18H23ClN2O4/c1-4-7-25-17-15(19)10-13(11-16(17)24-3)9-14(12-20)18(22)21-6-5-8-23-2/h9-11H,4-8H2,1-3H3,(H,21,22). The maximum absolute atomic E-state index is 12.1. The molecule has 0 aliphatic rings. The zero-order valence-corrected chi connectivity index (χ0v) is 15.5. The summed E-state index contributed by atoms with van der Waals surface area (Å²) in [7, 11) is 3.10. The van der Waals surface area contributed by atoms with E-state index in [4.69, 9.17) is 25.8 Å². The number of rotatable bonds is 10. The summed E-state index contributed by atoms with van der Waals surface area (Å²) in [6.07, 6.45) is 2.97. The van der Waals surface area contributed by atoms with E-state index < -0.39 is 5.91 Å². The molecule has 1 rings (SSSR count). The fraction of sp³-hybridized carbons (Fsp3) is 0.444. The maximum Gasteiger partial charge on any atom is 0.261 e. The van der Waals surface area contributed by atoms with Gasteiger partial charge < -0.3 is 19.5 Å². The topological polar surface area (TPSA) is 80.6 Å². The second-order valence-corrected chi connectivity index (χ2v) is 5.56. The molecule has 0 aliphatic carbocycles. The van der Waals surface area contributed by atoms with Gasteiger partial charge in [-0.05, 0) is 36.6 Å². The van der Waals surface area contributed by atoms with E-state index in [9.17, 15) is 10.1 Å². The van der Waals surface area contributed by atoms with Crippen molar-refractivity contribution in [3.63, 3.8) is 0 Å². The Balaban J connectivity index is 2.97. The first-order valence-electron chi connectivity index (χ1n) is 7.96. The zero-order chi connectivity index (χ0) is 18.7. The van der Waals surface area contributed by atoms with Gasteiger partial charge in [-0.3, -0.25) is 4.79 Å². The molecule has 1 amide bonds. The van der Waals surface area contributed by atoms with Crippen LogP contribution in [0.3, 0.4) is 0 Å². The van der Waals surface area contributed by atoms with Crippen molar-refractivity contribution in [2.45, 2.75) is 19.8 Å². The summed E-state index contributed by atoms with van der Waals surface area (Å²) in [5, 5.41) is 12.3. The average molecular weight is 367 g/mol. The van der Waals surface area contributed by atoms with Crippen LogP contribution in [0.1, 0.15) is 25.3 Å². The summed E-state index contributed by atoms with van der Waals surface area (Å²) < 4.78 is 15.8. The largest absolute Gasteiger partial charge is 0.493 e. The van der Waals surface area contributed by atoms with Crippen molar-refractivity contribution >= 4 is 23.6 Å². The van der Waals surface area contributed by atoms with E-state index in [0.717, 1.165) is 6.42 Å². The van der Waals surface area contributed by atoms with Crippen LogP contribution in [0.4, 0.5) is 0 Å². The Labute approximate surface area is 153 Å². The highest BCUT2D eigenvalue weighted by Crippen LogP contribution is 2.37. The molecule has 0 bridgehead atoms. The van der Waals surface area contributed by atoms with Crippen molar-refractivity contribution < 1.29 is 19.0 Å². The van der Waals surface area contributed by atoms with Gasteiger partial charge >= 0.3 is 0 Å². The second kappa shape index (κ2) is 11.3. The number of benzene rings is 1. The van der Waals surface area contributed by atoms with Gasteiger partial charge in [0.25, 0.3) is 5.91 Å². The lowest BCUT2D eigenvalue weighted by atomic mass is 10.1. The molecule has 7 heteroatoms. The van der Waals surface area contributed by atoms with Gasteiger partial charge in [-0.25, -0.2) is 0 Å². The van der Waals surface area contributed by atoms with Gasteiger partial charge in [-0.2, -0.15) is 5.26 Å². The number of hydrogen-bond acceptors (Lipinski definition) is 5. The maximum atomic E-state index is 12.1. The molecule has 0 aliphatic heterocycles. The molecular formula is C18H23ClN2O4. The molecule has 0 aromatic heterocycles. The first kappa shape index (κ1) is 20.8. The molecule has 25 heavy (non-hydrogen) atoms. The number of carbonyl (C=O) groups is 1. The van der Waals surface area contributed by atoms with Crippen LogP contribution in [0, 0.1) is 11.3 Å². The van der Waals surface area contributed by atoms with Gasteiger partial charge in [0.15, 0.2) is 11.5 Å². The lowest BCUT2D eigenvalue weighted by Gasteiger charge is -2.13. The molecule has 0 atom stereocenters. The van der Waals surface area contributed by atoms with E-state index >= 15 is 0 Å². The number of hydrogen-bond donors (Lipinski definition) is 1. The van der Waals surface area contributed by atoms with Crippen LogP contribution in [-0.4, -0.2) is 39.9 Å². The molecule has 1 N–H and O–H groups in total. The summed E-state index contributed by atoms with van der Waals surface area (Å²) in [4.78, 5) is 12.1. The zero-order valence-electron chi connectivity index (χ0n) is 14.7. The quantitative estimate of drug-likeness (QED) is 0.390. The Bertz CT molecular complexity index is 653. The number of ether oxygens (including phenoxy) is 3. The Morgan fingerprint density at radius 2 is 2.12 bits per heavy atom. The first-order chi connectivity index (χ1) is 12.1. The molecule has 0 saturated heterocycles. The summed E-state index contributed by atoms with van der Waals surface area (Å²) in [5.74, 6) is 0.454. The number of nitrogens with zero attached hydrogens (tertiary/aromatic N) is 1. The van der Waals surface area contributed by atoms with Crippen molar-refractivity contribution in [2.24, 2.45) is 0 Å². The first-order valence-corrected chi connectivity index (χ1v) is 8.34. The monoisotopic (exact) mass is 366 g/mol. The van der Waals surface area contributed by atoms with E-state index in [1.807, 2.05) is 13.0 Å². The predicted octanol–water partition coefficient (Wildman–Crippen LogP) is 3.20. The summed E-state index contributed by atoms with van der Waals surface area (Å²) in [6, 6.07) is 5.20. The number of carbonyl (C=O) groups excluding carboxylic acids is 1. The van der Waals surface area contributed by atoms with E-state index in [0.29, 0.717) is 48.3 Å². The molecule has 0 fully saturated rings. The third-order valence-corrected chi connectivity index (χ3v) is 3.47. The number of methoxy groups -OCH3 is 2. The molecule has 1 aromatic rings. The van der Waals surface area contributed by atoms with Gasteiger partial charge in [0, 0.05) is 20.3 Å². The number of amides is 1. The van der Waals surface area contributed by atoms with E-state index in [-0.39, 0.29) is 5.57 Å². The summed E-state index contributed by atoms with van der Waals surface area (Å²) in [5.41, 5.74) is 0.562. The van der Waals surface area contributed by atoms with Crippen LogP contribution in [-0.2, 0) is 9.53 Å². The smallest absolute Gasteiger partial charge is 0.261 e. The Kier molecular flexibility index (Phi) is 9.45. The SMILES string of the molecule is CCCOc1c(Cl)cc(C=C(C#N)C(=O)NCCCOC)cc1OC. The molecule has 0 spiro atoms. The molecule has 0 radical (unpaired) electrons. The van der Waals surface area contributed by atoms with Crippen molar-refractivity contribution in [3.05, 3.63) is 28.3 Å². The third-order valence-electron chi connectivity index (χ3n) is 3.19. The van der Waals surface area contributed by atoms with Crippen LogP contribution in [0.15, 0.2) is 17.7 Å². The normalized spacial score (nSPS) is 10.9. The highest BCUT2D eigenvalue weighted by molar-refractivity contribution is 6.32. The molecule has 1 aromatic carbocycles. The number of nitrogens with one attached hydrogen (secondary N) is 1. The Morgan fingerprint density at radius 3 is 2.72 bits per heavy atom. The molecule has 136 valence electrons. The summed E-state index contributed by atoms with van der Waals surface area (Å²) in [6.45, 7) is 3.47. The van der Waals surface area contributed by atoms with Crippen LogP contribution >= 0.6 is 11.6 Å². The average Bonchev–Trinajstić information content (AvgIpc) is 2.61. The Hall–Kier alpha value is -2.23. The number of halogens is 1. The van der Waals surface area contributed by atoms with Gasteiger partial charge in [0.05, 0.1) is 18.7 Å². The van der Waals surface area contributed by atoms with Crippen LogP contribution < -0.4 is 14.8 Å². The van der Waals surface area contributed by atoms with Crippen molar-refractivity contribution in [3.8, 4) is 17.6 Å². The second-order valence-electron chi connectivity index (χ2n) is 5.15.